The van der Waals surface area contributed by atoms with E-state index >= 15 is 0 Å². The molecule has 2 fully saturated rings. The van der Waals surface area contributed by atoms with E-state index in [1.165, 1.54) is 0 Å². The molecular weight excluding hydrogens is 342 g/mol. The predicted octanol–water partition coefficient (Wildman–Crippen LogP) is 0.669. The van der Waals surface area contributed by atoms with Crippen LogP contribution in [0.25, 0.3) is 0 Å². The number of nitrogens with one attached hydrogen (secondary N) is 1. The van der Waals surface area contributed by atoms with Gasteiger partial charge in [0.15, 0.2) is 0 Å². The van der Waals surface area contributed by atoms with Gasteiger partial charge in [-0.25, -0.2) is 0 Å². The van der Waals surface area contributed by atoms with Gasteiger partial charge in [-0.3, -0.25) is 0 Å². The van der Waals surface area contributed by atoms with Crippen LogP contribution >= 0.6 is 12.6 Å². The van der Waals surface area contributed by atoms with E-state index < -0.39 is 41.4 Å². The van der Waals surface area contributed by atoms with Crippen LogP contribution in [0.15, 0.2) is 0 Å². The molecule has 2 aliphatic rings. The maximum atomic E-state index is 11.5. The van der Waals surface area contributed by atoms with Crippen molar-refractivity contribution in [3.05, 3.63) is 0 Å². The minimum atomic E-state index is -1.70. The number of thiol groups is 1. The number of hydrogen-bond acceptors (Lipinski definition) is 7. The third kappa shape index (κ3) is 3.49. The van der Waals surface area contributed by atoms with Gasteiger partial charge in [-0.2, -0.15) is 0 Å². The van der Waals surface area contributed by atoms with Crippen molar-refractivity contribution in [2.75, 3.05) is 6.61 Å². The third-order valence-electron chi connectivity index (χ3n) is 6.78. The van der Waals surface area contributed by atoms with Crippen molar-refractivity contribution in [2.45, 2.75) is 94.8 Å². The molecule has 0 aromatic rings. The van der Waals surface area contributed by atoms with Gasteiger partial charge in [-0.15, -0.1) is 12.6 Å². The first-order valence-corrected chi connectivity index (χ1v) is 9.96. The molecule has 3 unspecified atom stereocenters. The van der Waals surface area contributed by atoms with Crippen molar-refractivity contribution in [1.82, 2.24) is 5.32 Å². The Morgan fingerprint density at radius 3 is 2.40 bits per heavy atom. The molecule has 1 heterocycles. The van der Waals surface area contributed by atoms with Gasteiger partial charge in [-0.1, -0.05) is 27.7 Å². The second-order valence-electron chi connectivity index (χ2n) is 8.11. The smallest absolute Gasteiger partial charge is 0.134 e. The Bertz CT molecular complexity index is 451. The summed E-state index contributed by atoms with van der Waals surface area (Å²) in [5.41, 5.74) is -3.36. The molecule has 5 N–H and O–H groups in total. The zero-order chi connectivity index (χ0) is 19.0. The standard InChI is InChI=1S/C18H35NO5S/c1-5-11(6-2)19-12-7-10(3)17(4,8-12)18(23)15(22)14(21)13(9-20)24-16(18)25/h10-16,19-23,25H,5-9H2,1-4H3/t10?,12?,13-,14+,15+,16+,17?,18-/m1/s1. The second-order valence-corrected chi connectivity index (χ2v) is 8.57. The van der Waals surface area contributed by atoms with E-state index in [2.05, 4.69) is 38.7 Å². The Labute approximate surface area is 156 Å². The molecule has 25 heavy (non-hydrogen) atoms. The highest BCUT2D eigenvalue weighted by atomic mass is 32.1. The van der Waals surface area contributed by atoms with E-state index in [1.54, 1.807) is 0 Å². The van der Waals surface area contributed by atoms with Crippen molar-refractivity contribution < 1.29 is 25.2 Å². The van der Waals surface area contributed by atoms with Crippen LogP contribution in [0.4, 0.5) is 0 Å². The summed E-state index contributed by atoms with van der Waals surface area (Å²) < 4.78 is 5.55. The lowest BCUT2D eigenvalue weighted by Crippen LogP contribution is -2.71. The van der Waals surface area contributed by atoms with Gasteiger partial charge in [-0.05, 0) is 31.6 Å². The minimum absolute atomic E-state index is 0.107. The topological polar surface area (TPSA) is 102 Å². The fourth-order valence-electron chi connectivity index (χ4n) is 4.76. The molecule has 0 amide bonds. The summed E-state index contributed by atoms with van der Waals surface area (Å²) in [6.45, 7) is 7.87. The second kappa shape index (κ2) is 8.00. The number of rotatable bonds is 6. The molecule has 1 saturated carbocycles. The fourth-order valence-corrected chi connectivity index (χ4v) is 5.36. The number of aliphatic hydroxyl groups excluding tert-OH is 3. The molecule has 0 spiro atoms. The molecule has 2 rings (SSSR count). The molecule has 0 aromatic carbocycles. The Morgan fingerprint density at radius 2 is 1.88 bits per heavy atom. The summed E-state index contributed by atoms with van der Waals surface area (Å²) in [5.74, 6) is 0.107. The van der Waals surface area contributed by atoms with Crippen LogP contribution in [-0.2, 0) is 4.74 Å². The van der Waals surface area contributed by atoms with Gasteiger partial charge < -0.3 is 30.5 Å². The van der Waals surface area contributed by atoms with Crippen LogP contribution in [0.5, 0.6) is 0 Å². The van der Waals surface area contributed by atoms with E-state index in [0.29, 0.717) is 12.5 Å². The van der Waals surface area contributed by atoms with Crippen LogP contribution < -0.4 is 5.32 Å². The molecule has 0 bridgehead atoms. The molecule has 8 atom stereocenters. The van der Waals surface area contributed by atoms with Crippen LogP contribution in [0, 0.1) is 11.3 Å². The number of ether oxygens (including phenoxy) is 1. The van der Waals surface area contributed by atoms with E-state index in [0.717, 1.165) is 19.3 Å². The normalized spacial score (nSPS) is 48.2. The summed E-state index contributed by atoms with van der Waals surface area (Å²) in [7, 11) is 0. The zero-order valence-electron chi connectivity index (χ0n) is 15.7. The summed E-state index contributed by atoms with van der Waals surface area (Å²) in [4.78, 5) is 0. The summed E-state index contributed by atoms with van der Waals surface area (Å²) in [6, 6.07) is 0.659. The first-order valence-electron chi connectivity index (χ1n) is 9.44. The van der Waals surface area contributed by atoms with E-state index in [4.69, 9.17) is 4.74 Å². The van der Waals surface area contributed by atoms with E-state index in [-0.39, 0.29) is 12.0 Å². The quantitative estimate of drug-likeness (QED) is 0.381. The highest BCUT2D eigenvalue weighted by molar-refractivity contribution is 7.80. The molecule has 6 nitrogen and oxygen atoms in total. The molecule has 1 aliphatic heterocycles. The van der Waals surface area contributed by atoms with Crippen molar-refractivity contribution in [2.24, 2.45) is 11.3 Å². The Balaban J connectivity index is 2.25. The van der Waals surface area contributed by atoms with Gasteiger partial charge in [0.25, 0.3) is 0 Å². The summed E-state index contributed by atoms with van der Waals surface area (Å²) >= 11 is 4.39. The SMILES string of the molecule is CCC(CC)NC1CC(C)C(C)([C@]2(O)[C@H](S)O[C@H](CO)[C@H](O)[C@@H]2O)C1. The van der Waals surface area contributed by atoms with Crippen LogP contribution in [0.1, 0.15) is 53.4 Å². The van der Waals surface area contributed by atoms with Crippen molar-refractivity contribution in [3.63, 3.8) is 0 Å². The number of aliphatic hydroxyl groups is 4. The monoisotopic (exact) mass is 377 g/mol. The largest absolute Gasteiger partial charge is 0.394 e. The summed E-state index contributed by atoms with van der Waals surface area (Å²) in [6.07, 6.45) is -0.109. The molecule has 1 aliphatic carbocycles. The molecule has 0 aromatic heterocycles. The predicted molar refractivity (Wildman–Crippen MR) is 99.5 cm³/mol. The van der Waals surface area contributed by atoms with Crippen molar-refractivity contribution >= 4 is 12.6 Å². The average molecular weight is 378 g/mol. The van der Waals surface area contributed by atoms with Gasteiger partial charge in [0, 0.05) is 17.5 Å². The van der Waals surface area contributed by atoms with Crippen LogP contribution in [0.3, 0.4) is 0 Å². The van der Waals surface area contributed by atoms with Crippen LogP contribution in [0.2, 0.25) is 0 Å². The molecular formula is C18H35NO5S. The average Bonchev–Trinajstić information content (AvgIpc) is 2.89. The van der Waals surface area contributed by atoms with E-state index in [9.17, 15) is 20.4 Å². The molecule has 7 heteroatoms. The molecule has 1 saturated heterocycles. The van der Waals surface area contributed by atoms with Gasteiger partial charge in [0.1, 0.15) is 29.3 Å². The lowest BCUT2D eigenvalue weighted by atomic mass is 9.62. The van der Waals surface area contributed by atoms with Crippen molar-refractivity contribution in [3.8, 4) is 0 Å². The Morgan fingerprint density at radius 1 is 1.28 bits per heavy atom. The Kier molecular flexibility index (Phi) is 6.85. The van der Waals surface area contributed by atoms with Crippen LogP contribution in [-0.4, -0.2) is 68.5 Å². The first-order chi connectivity index (χ1) is 11.6. The lowest BCUT2D eigenvalue weighted by molar-refractivity contribution is -0.290. The highest BCUT2D eigenvalue weighted by Crippen LogP contribution is 2.56. The molecule has 148 valence electrons. The fraction of sp³-hybridized carbons (Fsp3) is 1.00. The third-order valence-corrected chi connectivity index (χ3v) is 7.30. The first kappa shape index (κ1) is 21.4. The maximum Gasteiger partial charge on any atom is 0.134 e. The molecule has 0 radical (unpaired) electrons. The highest BCUT2D eigenvalue weighted by Gasteiger charge is 2.65. The van der Waals surface area contributed by atoms with Gasteiger partial charge in [0.05, 0.1) is 6.61 Å². The Hall–Kier alpha value is 0.110. The van der Waals surface area contributed by atoms with Crippen molar-refractivity contribution in [1.29, 1.82) is 0 Å². The van der Waals surface area contributed by atoms with Gasteiger partial charge in [0.2, 0.25) is 0 Å². The number of hydrogen-bond donors (Lipinski definition) is 6. The minimum Gasteiger partial charge on any atom is -0.394 e. The zero-order valence-corrected chi connectivity index (χ0v) is 16.6. The summed E-state index contributed by atoms with van der Waals surface area (Å²) in [5, 5.41) is 45.5. The van der Waals surface area contributed by atoms with Gasteiger partial charge >= 0.3 is 0 Å². The van der Waals surface area contributed by atoms with E-state index in [1.807, 2.05) is 6.92 Å². The lowest BCUT2D eigenvalue weighted by Gasteiger charge is -2.55. The maximum absolute atomic E-state index is 11.5.